The maximum absolute atomic E-state index is 12.0. The summed E-state index contributed by atoms with van der Waals surface area (Å²) < 4.78 is 0.532. The van der Waals surface area contributed by atoms with E-state index in [-0.39, 0.29) is 29.2 Å². The molecule has 0 fully saturated rings. The largest absolute Gasteiger partial charge is 0.300 e. The van der Waals surface area contributed by atoms with Crippen LogP contribution < -0.4 is 0 Å². The second kappa shape index (κ2) is 5.86. The highest BCUT2D eigenvalue weighted by Crippen LogP contribution is 2.26. The molecule has 1 rings (SSSR count). The number of nitrogens with zero attached hydrogens (tertiary/aromatic N) is 1. The molecule has 0 spiro atoms. The third kappa shape index (κ3) is 3.46. The van der Waals surface area contributed by atoms with Crippen molar-refractivity contribution in [3.63, 3.8) is 0 Å². The SMILES string of the molecule is CC(=O)CC(C)C(=O)c1ccc(Br)cc1[N+](=O)[O-]. The number of halogens is 1. The smallest absolute Gasteiger partial charge is 0.281 e. The Labute approximate surface area is 112 Å². The summed E-state index contributed by atoms with van der Waals surface area (Å²) in [7, 11) is 0. The van der Waals surface area contributed by atoms with Crippen molar-refractivity contribution in [3.05, 3.63) is 38.3 Å². The monoisotopic (exact) mass is 313 g/mol. The summed E-state index contributed by atoms with van der Waals surface area (Å²) in [6.45, 7) is 2.98. The molecule has 0 aliphatic carbocycles. The number of carbonyl (C=O) groups excluding carboxylic acids is 2. The van der Waals surface area contributed by atoms with Gasteiger partial charge in [0.05, 0.1) is 10.5 Å². The van der Waals surface area contributed by atoms with Gasteiger partial charge in [-0.1, -0.05) is 22.9 Å². The Bertz CT molecular complexity index is 513. The molecule has 1 aromatic rings. The molecule has 96 valence electrons. The molecule has 0 saturated heterocycles. The number of carbonyl (C=O) groups is 2. The molecular formula is C12H12BrNO4. The first-order valence-electron chi connectivity index (χ1n) is 5.30. The van der Waals surface area contributed by atoms with Crippen LogP contribution in [-0.4, -0.2) is 16.5 Å². The zero-order valence-electron chi connectivity index (χ0n) is 9.97. The fourth-order valence-corrected chi connectivity index (χ4v) is 2.00. The van der Waals surface area contributed by atoms with Gasteiger partial charge < -0.3 is 4.79 Å². The van der Waals surface area contributed by atoms with Gasteiger partial charge >= 0.3 is 0 Å². The number of nitro groups is 1. The Hall–Kier alpha value is -1.56. The minimum absolute atomic E-state index is 0.0388. The minimum atomic E-state index is -0.599. The fourth-order valence-electron chi connectivity index (χ4n) is 1.65. The minimum Gasteiger partial charge on any atom is -0.300 e. The lowest BCUT2D eigenvalue weighted by Gasteiger charge is -2.08. The molecule has 0 radical (unpaired) electrons. The number of rotatable bonds is 5. The van der Waals surface area contributed by atoms with E-state index in [0.717, 1.165) is 0 Å². The summed E-state index contributed by atoms with van der Waals surface area (Å²) in [5.41, 5.74) is -0.207. The van der Waals surface area contributed by atoms with Crippen LogP contribution in [0.15, 0.2) is 22.7 Å². The van der Waals surface area contributed by atoms with Gasteiger partial charge in [-0.2, -0.15) is 0 Å². The van der Waals surface area contributed by atoms with E-state index in [1.54, 1.807) is 13.0 Å². The van der Waals surface area contributed by atoms with Crippen molar-refractivity contribution in [2.24, 2.45) is 5.92 Å². The van der Waals surface area contributed by atoms with Crippen molar-refractivity contribution in [1.82, 2.24) is 0 Å². The van der Waals surface area contributed by atoms with Crippen molar-refractivity contribution >= 4 is 33.2 Å². The van der Waals surface area contributed by atoms with Crippen LogP contribution in [0.1, 0.15) is 30.6 Å². The lowest BCUT2D eigenvalue weighted by Crippen LogP contribution is -2.15. The standard InChI is InChI=1S/C12H12BrNO4/c1-7(5-8(2)15)12(16)10-4-3-9(13)6-11(10)14(17)18/h3-4,6-7H,5H2,1-2H3. The average Bonchev–Trinajstić information content (AvgIpc) is 2.26. The molecule has 0 heterocycles. The Kier molecular flexibility index (Phi) is 4.72. The molecule has 0 bridgehead atoms. The molecule has 0 N–H and O–H groups in total. The van der Waals surface area contributed by atoms with Crippen molar-refractivity contribution in [2.75, 3.05) is 0 Å². The summed E-state index contributed by atoms with van der Waals surface area (Å²) in [5.74, 6) is -1.05. The van der Waals surface area contributed by atoms with Gasteiger partial charge in [0.1, 0.15) is 5.78 Å². The summed E-state index contributed by atoms with van der Waals surface area (Å²) in [4.78, 5) is 33.3. The summed E-state index contributed by atoms with van der Waals surface area (Å²) in [6.07, 6.45) is 0.0893. The molecule has 18 heavy (non-hydrogen) atoms. The highest BCUT2D eigenvalue weighted by Gasteiger charge is 2.25. The van der Waals surface area contributed by atoms with E-state index in [9.17, 15) is 19.7 Å². The summed E-state index contributed by atoms with van der Waals surface area (Å²) >= 11 is 3.12. The van der Waals surface area contributed by atoms with Gasteiger partial charge in [0.15, 0.2) is 5.78 Å². The van der Waals surface area contributed by atoms with Gasteiger partial charge in [-0.25, -0.2) is 0 Å². The molecule has 6 heteroatoms. The predicted octanol–water partition coefficient (Wildman–Crippen LogP) is 3.16. The first kappa shape index (κ1) is 14.5. The predicted molar refractivity (Wildman–Crippen MR) is 69.6 cm³/mol. The summed E-state index contributed by atoms with van der Waals surface area (Å²) in [5, 5.41) is 10.9. The quantitative estimate of drug-likeness (QED) is 0.475. The van der Waals surface area contributed by atoms with Crippen LogP contribution in [0.5, 0.6) is 0 Å². The molecule has 5 nitrogen and oxygen atoms in total. The molecule has 1 aromatic carbocycles. The Balaban J connectivity index is 3.12. The zero-order chi connectivity index (χ0) is 13.9. The molecule has 0 amide bonds. The maximum atomic E-state index is 12.0. The molecule has 0 saturated carbocycles. The van der Waals surface area contributed by atoms with Crippen LogP contribution >= 0.6 is 15.9 Å². The van der Waals surface area contributed by atoms with Crippen LogP contribution in [0.2, 0.25) is 0 Å². The fraction of sp³-hybridized carbons (Fsp3) is 0.333. The average molecular weight is 314 g/mol. The number of nitro benzene ring substituents is 1. The van der Waals surface area contributed by atoms with Gasteiger partial charge in [-0.15, -0.1) is 0 Å². The van der Waals surface area contributed by atoms with Gasteiger partial charge in [0.25, 0.3) is 5.69 Å². The van der Waals surface area contributed by atoms with Crippen LogP contribution in [0.4, 0.5) is 5.69 Å². The lowest BCUT2D eigenvalue weighted by molar-refractivity contribution is -0.385. The Morgan fingerprint density at radius 3 is 2.56 bits per heavy atom. The lowest BCUT2D eigenvalue weighted by atomic mass is 9.94. The highest BCUT2D eigenvalue weighted by molar-refractivity contribution is 9.10. The van der Waals surface area contributed by atoms with E-state index >= 15 is 0 Å². The van der Waals surface area contributed by atoms with Crippen molar-refractivity contribution < 1.29 is 14.5 Å². The van der Waals surface area contributed by atoms with Crippen molar-refractivity contribution in [2.45, 2.75) is 20.3 Å². The van der Waals surface area contributed by atoms with E-state index in [4.69, 9.17) is 0 Å². The van der Waals surface area contributed by atoms with Crippen molar-refractivity contribution in [1.29, 1.82) is 0 Å². The molecular weight excluding hydrogens is 302 g/mol. The normalized spacial score (nSPS) is 11.9. The topological polar surface area (TPSA) is 77.3 Å². The van der Waals surface area contributed by atoms with Crippen LogP contribution in [0, 0.1) is 16.0 Å². The van der Waals surface area contributed by atoms with E-state index < -0.39 is 10.8 Å². The van der Waals surface area contributed by atoms with E-state index in [1.807, 2.05) is 0 Å². The van der Waals surface area contributed by atoms with Crippen LogP contribution in [0.25, 0.3) is 0 Å². The molecule has 0 aromatic heterocycles. The molecule has 0 aliphatic rings. The molecule has 1 atom stereocenters. The Morgan fingerprint density at radius 2 is 2.06 bits per heavy atom. The first-order valence-corrected chi connectivity index (χ1v) is 6.09. The van der Waals surface area contributed by atoms with Crippen LogP contribution in [0.3, 0.4) is 0 Å². The molecule has 1 unspecified atom stereocenters. The zero-order valence-corrected chi connectivity index (χ0v) is 11.6. The Morgan fingerprint density at radius 1 is 1.44 bits per heavy atom. The number of ketones is 2. The number of hydrogen-bond donors (Lipinski definition) is 0. The number of benzene rings is 1. The number of hydrogen-bond acceptors (Lipinski definition) is 4. The van der Waals surface area contributed by atoms with Crippen molar-refractivity contribution in [3.8, 4) is 0 Å². The van der Waals surface area contributed by atoms with E-state index in [1.165, 1.54) is 19.1 Å². The molecule has 0 aliphatic heterocycles. The number of Topliss-reactive ketones (excluding diaryl/α,β-unsaturated/α-hetero) is 2. The highest BCUT2D eigenvalue weighted by atomic mass is 79.9. The third-order valence-corrected chi connectivity index (χ3v) is 2.96. The van der Waals surface area contributed by atoms with Gasteiger partial charge in [0.2, 0.25) is 0 Å². The van der Waals surface area contributed by atoms with E-state index in [2.05, 4.69) is 15.9 Å². The maximum Gasteiger partial charge on any atom is 0.281 e. The third-order valence-electron chi connectivity index (χ3n) is 2.46. The second-order valence-corrected chi connectivity index (χ2v) is 5.01. The second-order valence-electron chi connectivity index (χ2n) is 4.09. The van der Waals surface area contributed by atoms with Gasteiger partial charge in [-0.05, 0) is 19.1 Å². The van der Waals surface area contributed by atoms with Crippen LogP contribution in [-0.2, 0) is 4.79 Å². The van der Waals surface area contributed by atoms with Gasteiger partial charge in [-0.3, -0.25) is 14.9 Å². The summed E-state index contributed by atoms with van der Waals surface area (Å²) in [6, 6.07) is 4.26. The first-order chi connectivity index (χ1) is 8.32. The van der Waals surface area contributed by atoms with E-state index in [0.29, 0.717) is 4.47 Å². The van der Waals surface area contributed by atoms with Gasteiger partial charge in [0, 0.05) is 22.9 Å².